The maximum atomic E-state index is 12.1. The number of para-hydroxylation sites is 2. The van der Waals surface area contributed by atoms with E-state index in [9.17, 15) is 4.79 Å². The van der Waals surface area contributed by atoms with E-state index in [0.29, 0.717) is 6.54 Å². The largest absolute Gasteiger partial charge is 0.354 e. The molecule has 1 amide bonds. The molecule has 23 heavy (non-hydrogen) atoms. The average Bonchev–Trinajstić information content (AvgIpc) is 3.03. The predicted octanol–water partition coefficient (Wildman–Crippen LogP) is 1.75. The Bertz CT molecular complexity index is 846. The summed E-state index contributed by atoms with van der Waals surface area (Å²) in [7, 11) is 1.94. The molecule has 6 heteroatoms. The van der Waals surface area contributed by atoms with Crippen molar-refractivity contribution in [2.75, 3.05) is 6.54 Å². The Balaban J connectivity index is 1.58. The number of nitrogens with one attached hydrogen (secondary N) is 1. The molecule has 0 unspecified atom stereocenters. The van der Waals surface area contributed by atoms with E-state index >= 15 is 0 Å². The molecule has 0 aliphatic rings. The van der Waals surface area contributed by atoms with Crippen LogP contribution in [-0.4, -0.2) is 31.8 Å². The van der Waals surface area contributed by atoms with E-state index in [0.717, 1.165) is 28.8 Å². The van der Waals surface area contributed by atoms with Crippen LogP contribution in [0.1, 0.15) is 17.0 Å². The normalized spacial score (nSPS) is 11.1. The highest BCUT2D eigenvalue weighted by Crippen LogP contribution is 2.12. The van der Waals surface area contributed by atoms with Crippen molar-refractivity contribution in [1.29, 1.82) is 0 Å². The highest BCUT2D eigenvalue weighted by molar-refractivity contribution is 5.80. The van der Waals surface area contributed by atoms with Crippen molar-refractivity contribution >= 4 is 16.9 Å². The Kier molecular flexibility index (Phi) is 4.14. The number of nitrogens with zero attached hydrogens (tertiary/aromatic N) is 4. The lowest BCUT2D eigenvalue weighted by molar-refractivity contribution is -0.121. The number of aryl methyl sites for hydroxylation is 2. The molecule has 0 saturated heterocycles. The summed E-state index contributed by atoms with van der Waals surface area (Å²) in [4.78, 5) is 16.4. The molecular weight excluding hydrogens is 290 g/mol. The van der Waals surface area contributed by atoms with Crippen LogP contribution in [0.15, 0.2) is 30.6 Å². The first kappa shape index (κ1) is 15.3. The zero-order valence-electron chi connectivity index (χ0n) is 13.7. The van der Waals surface area contributed by atoms with Crippen molar-refractivity contribution in [3.63, 3.8) is 0 Å². The molecule has 0 aliphatic carbocycles. The summed E-state index contributed by atoms with van der Waals surface area (Å²) in [5.74, 6) is -0.00708. The Morgan fingerprint density at radius 1 is 1.26 bits per heavy atom. The molecule has 3 rings (SSSR count). The minimum absolute atomic E-state index is 0.00708. The fraction of sp³-hybridized carbons (Fsp3) is 0.353. The first-order chi connectivity index (χ1) is 11.1. The number of imidazole rings is 1. The molecule has 0 fully saturated rings. The summed E-state index contributed by atoms with van der Waals surface area (Å²) < 4.78 is 3.75. The number of hydrogen-bond acceptors (Lipinski definition) is 3. The average molecular weight is 311 g/mol. The van der Waals surface area contributed by atoms with Crippen LogP contribution in [-0.2, 0) is 24.8 Å². The molecular formula is C17H21N5O. The van der Waals surface area contributed by atoms with E-state index in [-0.39, 0.29) is 12.5 Å². The van der Waals surface area contributed by atoms with Gasteiger partial charge in [-0.1, -0.05) is 12.1 Å². The van der Waals surface area contributed by atoms with Gasteiger partial charge in [-0.15, -0.1) is 0 Å². The molecule has 2 heterocycles. The summed E-state index contributed by atoms with van der Waals surface area (Å²) in [5, 5.41) is 7.37. The molecule has 0 spiro atoms. The summed E-state index contributed by atoms with van der Waals surface area (Å²) >= 11 is 0. The third-order valence-electron chi connectivity index (χ3n) is 4.20. The molecule has 1 aromatic carbocycles. The number of benzene rings is 1. The van der Waals surface area contributed by atoms with Gasteiger partial charge in [-0.25, -0.2) is 4.98 Å². The fourth-order valence-electron chi connectivity index (χ4n) is 2.85. The van der Waals surface area contributed by atoms with Crippen LogP contribution in [0, 0.1) is 13.8 Å². The third-order valence-corrected chi connectivity index (χ3v) is 4.20. The molecule has 120 valence electrons. The molecule has 0 radical (unpaired) electrons. The van der Waals surface area contributed by atoms with E-state index in [1.165, 1.54) is 5.56 Å². The van der Waals surface area contributed by atoms with Crippen molar-refractivity contribution in [1.82, 2.24) is 24.6 Å². The van der Waals surface area contributed by atoms with E-state index in [2.05, 4.69) is 22.3 Å². The van der Waals surface area contributed by atoms with Gasteiger partial charge in [0.25, 0.3) is 0 Å². The second-order valence-electron chi connectivity index (χ2n) is 5.73. The number of aromatic nitrogens is 4. The molecule has 3 aromatic rings. The highest BCUT2D eigenvalue weighted by Gasteiger charge is 2.10. The van der Waals surface area contributed by atoms with Gasteiger partial charge in [-0.05, 0) is 38.0 Å². The van der Waals surface area contributed by atoms with E-state index in [1.54, 1.807) is 6.33 Å². The molecule has 1 N–H and O–H groups in total. The van der Waals surface area contributed by atoms with Gasteiger partial charge in [0.15, 0.2) is 0 Å². The SMILES string of the molecule is Cc1nn(C)c(C)c1CCNC(=O)Cn1cnc2ccccc21. The van der Waals surface area contributed by atoms with Gasteiger partial charge in [0, 0.05) is 19.3 Å². The Morgan fingerprint density at radius 2 is 2.04 bits per heavy atom. The third kappa shape index (κ3) is 3.11. The van der Waals surface area contributed by atoms with Crippen LogP contribution in [0.4, 0.5) is 0 Å². The Labute approximate surface area is 135 Å². The number of carbonyl (C=O) groups excluding carboxylic acids is 1. The van der Waals surface area contributed by atoms with Crippen molar-refractivity contribution < 1.29 is 4.79 Å². The highest BCUT2D eigenvalue weighted by atomic mass is 16.1. The zero-order chi connectivity index (χ0) is 16.4. The Morgan fingerprint density at radius 3 is 2.78 bits per heavy atom. The number of rotatable bonds is 5. The van der Waals surface area contributed by atoms with E-state index in [1.807, 2.05) is 47.5 Å². The zero-order valence-corrected chi connectivity index (χ0v) is 13.7. The van der Waals surface area contributed by atoms with Crippen LogP contribution in [0.2, 0.25) is 0 Å². The van der Waals surface area contributed by atoms with Crippen molar-refractivity contribution in [3.8, 4) is 0 Å². The second-order valence-corrected chi connectivity index (χ2v) is 5.73. The van der Waals surface area contributed by atoms with Crippen LogP contribution in [0.25, 0.3) is 11.0 Å². The summed E-state index contributed by atoms with van der Waals surface area (Å²) in [6.45, 7) is 4.95. The number of fused-ring (bicyclic) bond motifs is 1. The van der Waals surface area contributed by atoms with E-state index in [4.69, 9.17) is 0 Å². The van der Waals surface area contributed by atoms with Gasteiger partial charge in [0.2, 0.25) is 5.91 Å². The van der Waals surface area contributed by atoms with Gasteiger partial charge >= 0.3 is 0 Å². The van der Waals surface area contributed by atoms with Crippen LogP contribution in [0.3, 0.4) is 0 Å². The molecule has 6 nitrogen and oxygen atoms in total. The van der Waals surface area contributed by atoms with Crippen molar-refractivity contribution in [3.05, 3.63) is 47.5 Å². The number of carbonyl (C=O) groups is 1. The molecule has 0 atom stereocenters. The quantitative estimate of drug-likeness (QED) is 0.780. The Hall–Kier alpha value is -2.63. The lowest BCUT2D eigenvalue weighted by Gasteiger charge is -2.07. The maximum absolute atomic E-state index is 12.1. The van der Waals surface area contributed by atoms with Crippen LogP contribution < -0.4 is 5.32 Å². The van der Waals surface area contributed by atoms with Crippen molar-refractivity contribution in [2.24, 2.45) is 7.05 Å². The van der Waals surface area contributed by atoms with Gasteiger partial charge in [-0.2, -0.15) is 5.10 Å². The minimum Gasteiger partial charge on any atom is -0.354 e. The molecule has 2 aromatic heterocycles. The molecule has 0 bridgehead atoms. The first-order valence-corrected chi connectivity index (χ1v) is 7.72. The van der Waals surface area contributed by atoms with Gasteiger partial charge in [0.05, 0.1) is 23.1 Å². The summed E-state index contributed by atoms with van der Waals surface area (Å²) in [6, 6.07) is 7.81. The van der Waals surface area contributed by atoms with E-state index < -0.39 is 0 Å². The maximum Gasteiger partial charge on any atom is 0.240 e. The lowest BCUT2D eigenvalue weighted by atomic mass is 10.1. The smallest absolute Gasteiger partial charge is 0.240 e. The van der Waals surface area contributed by atoms with Crippen LogP contribution >= 0.6 is 0 Å². The van der Waals surface area contributed by atoms with Crippen LogP contribution in [0.5, 0.6) is 0 Å². The molecule has 0 aliphatic heterocycles. The minimum atomic E-state index is -0.00708. The second kappa shape index (κ2) is 6.24. The predicted molar refractivity (Wildman–Crippen MR) is 89.1 cm³/mol. The summed E-state index contributed by atoms with van der Waals surface area (Å²) in [5.41, 5.74) is 5.27. The summed E-state index contributed by atoms with van der Waals surface area (Å²) in [6.07, 6.45) is 2.50. The standard InChI is InChI=1S/C17H21N5O/c1-12-14(13(2)21(3)20-12)8-9-18-17(23)10-22-11-19-15-6-4-5-7-16(15)22/h4-7,11H,8-10H2,1-3H3,(H,18,23). The monoisotopic (exact) mass is 311 g/mol. The lowest BCUT2D eigenvalue weighted by Crippen LogP contribution is -2.29. The van der Waals surface area contributed by atoms with Gasteiger partial charge in [-0.3, -0.25) is 9.48 Å². The topological polar surface area (TPSA) is 64.7 Å². The first-order valence-electron chi connectivity index (χ1n) is 7.72. The fourth-order valence-corrected chi connectivity index (χ4v) is 2.85. The van der Waals surface area contributed by atoms with Crippen molar-refractivity contribution in [2.45, 2.75) is 26.8 Å². The number of hydrogen-bond donors (Lipinski definition) is 1. The van der Waals surface area contributed by atoms with Gasteiger partial charge < -0.3 is 9.88 Å². The molecule has 0 saturated carbocycles. The van der Waals surface area contributed by atoms with Gasteiger partial charge in [0.1, 0.15) is 6.54 Å². The number of amides is 1.